The third-order valence-corrected chi connectivity index (χ3v) is 4.73. The smallest absolute Gasteiger partial charge is 0.248 e. The molecule has 3 rings (SSSR count). The van der Waals surface area contributed by atoms with E-state index in [1.807, 2.05) is 4.90 Å². The van der Waals surface area contributed by atoms with Gasteiger partial charge in [-0.1, -0.05) is 6.42 Å². The van der Waals surface area contributed by atoms with Crippen LogP contribution >= 0.6 is 0 Å². The minimum absolute atomic E-state index is 0.123. The van der Waals surface area contributed by atoms with Gasteiger partial charge in [0.05, 0.1) is 5.60 Å². The van der Waals surface area contributed by atoms with Crippen LogP contribution in [0.15, 0.2) is 0 Å². The van der Waals surface area contributed by atoms with Gasteiger partial charge in [-0.2, -0.15) is 0 Å². The van der Waals surface area contributed by atoms with Gasteiger partial charge in [0, 0.05) is 38.8 Å². The molecule has 5 nitrogen and oxygen atoms in total. The number of nitrogens with one attached hydrogen (secondary N) is 1. The van der Waals surface area contributed by atoms with Crippen molar-refractivity contribution in [1.29, 1.82) is 0 Å². The van der Waals surface area contributed by atoms with Crippen molar-refractivity contribution < 1.29 is 9.53 Å². The standard InChI is InChI=1S/C14H25N3O2/c1-14(10-15-11-14)19-9-13(18)17-7-6-16-5-3-2-4-12(16)8-17/h12,15H,2-11H2,1H3. The van der Waals surface area contributed by atoms with Gasteiger partial charge in [0.2, 0.25) is 5.91 Å². The van der Waals surface area contributed by atoms with Crippen molar-refractivity contribution in [2.75, 3.05) is 45.9 Å². The van der Waals surface area contributed by atoms with Gasteiger partial charge in [0.25, 0.3) is 0 Å². The summed E-state index contributed by atoms with van der Waals surface area (Å²) in [7, 11) is 0. The van der Waals surface area contributed by atoms with Gasteiger partial charge >= 0.3 is 0 Å². The third kappa shape index (κ3) is 2.93. The van der Waals surface area contributed by atoms with Crippen LogP contribution in [0.1, 0.15) is 26.2 Å². The van der Waals surface area contributed by atoms with Crippen LogP contribution in [0, 0.1) is 0 Å². The molecule has 0 bridgehead atoms. The van der Waals surface area contributed by atoms with E-state index < -0.39 is 0 Å². The molecular formula is C14H25N3O2. The first kappa shape index (κ1) is 13.3. The van der Waals surface area contributed by atoms with Crippen molar-refractivity contribution in [1.82, 2.24) is 15.1 Å². The molecule has 3 aliphatic heterocycles. The Hall–Kier alpha value is -0.650. The zero-order chi connectivity index (χ0) is 13.3. The first-order chi connectivity index (χ1) is 9.16. The number of ether oxygens (including phenoxy) is 1. The topological polar surface area (TPSA) is 44.8 Å². The number of hydrogen-bond acceptors (Lipinski definition) is 4. The molecule has 3 aliphatic rings. The molecule has 3 fully saturated rings. The Labute approximate surface area is 115 Å². The van der Waals surface area contributed by atoms with Gasteiger partial charge in [-0.05, 0) is 26.3 Å². The molecule has 3 heterocycles. The molecule has 0 aliphatic carbocycles. The average molecular weight is 267 g/mol. The van der Waals surface area contributed by atoms with Gasteiger partial charge in [-0.25, -0.2) is 0 Å². The molecule has 19 heavy (non-hydrogen) atoms. The molecule has 1 amide bonds. The highest BCUT2D eigenvalue weighted by atomic mass is 16.5. The van der Waals surface area contributed by atoms with Gasteiger partial charge < -0.3 is 15.0 Å². The number of rotatable bonds is 3. The fourth-order valence-corrected chi connectivity index (χ4v) is 3.29. The summed E-state index contributed by atoms with van der Waals surface area (Å²) in [6.45, 7) is 8.04. The van der Waals surface area contributed by atoms with E-state index in [-0.39, 0.29) is 18.1 Å². The molecule has 108 valence electrons. The molecule has 0 spiro atoms. The van der Waals surface area contributed by atoms with Gasteiger partial charge in [0.1, 0.15) is 6.61 Å². The van der Waals surface area contributed by atoms with Gasteiger partial charge in [-0.15, -0.1) is 0 Å². The number of amides is 1. The molecule has 0 aromatic rings. The largest absolute Gasteiger partial charge is 0.363 e. The van der Waals surface area contributed by atoms with E-state index in [0.29, 0.717) is 6.04 Å². The monoisotopic (exact) mass is 267 g/mol. The van der Waals surface area contributed by atoms with Crippen LogP contribution in [0.3, 0.4) is 0 Å². The van der Waals surface area contributed by atoms with E-state index in [4.69, 9.17) is 4.74 Å². The number of nitrogens with zero attached hydrogens (tertiary/aromatic N) is 2. The van der Waals surface area contributed by atoms with Crippen LogP contribution in [0.5, 0.6) is 0 Å². The van der Waals surface area contributed by atoms with E-state index in [0.717, 1.165) is 32.7 Å². The number of piperidine rings is 1. The Bertz CT molecular complexity index is 344. The van der Waals surface area contributed by atoms with Crippen molar-refractivity contribution >= 4 is 5.91 Å². The van der Waals surface area contributed by atoms with Crippen molar-refractivity contribution in [3.63, 3.8) is 0 Å². The van der Waals surface area contributed by atoms with Crippen LogP contribution in [0.4, 0.5) is 0 Å². The fraction of sp³-hybridized carbons (Fsp3) is 0.929. The maximum absolute atomic E-state index is 12.2. The van der Waals surface area contributed by atoms with E-state index in [1.54, 1.807) is 0 Å². The number of carbonyl (C=O) groups is 1. The summed E-state index contributed by atoms with van der Waals surface area (Å²) in [5.41, 5.74) is -0.123. The highest BCUT2D eigenvalue weighted by Crippen LogP contribution is 2.21. The molecule has 0 aromatic carbocycles. The number of hydrogen-bond donors (Lipinski definition) is 1. The van der Waals surface area contributed by atoms with Gasteiger partial charge in [0.15, 0.2) is 0 Å². The zero-order valence-electron chi connectivity index (χ0n) is 11.9. The summed E-state index contributed by atoms with van der Waals surface area (Å²) in [5.74, 6) is 0.165. The second-order valence-electron chi connectivity index (χ2n) is 6.37. The first-order valence-corrected chi connectivity index (χ1v) is 7.53. The Balaban J connectivity index is 1.47. The predicted molar refractivity (Wildman–Crippen MR) is 73.0 cm³/mol. The fourth-order valence-electron chi connectivity index (χ4n) is 3.29. The zero-order valence-corrected chi connectivity index (χ0v) is 11.9. The summed E-state index contributed by atoms with van der Waals surface area (Å²) in [6.07, 6.45) is 3.87. The maximum atomic E-state index is 12.2. The molecule has 0 saturated carbocycles. The summed E-state index contributed by atoms with van der Waals surface area (Å²) >= 11 is 0. The van der Waals surface area contributed by atoms with Crippen molar-refractivity contribution in [2.45, 2.75) is 37.8 Å². The van der Waals surface area contributed by atoms with E-state index in [1.165, 1.54) is 25.8 Å². The summed E-state index contributed by atoms with van der Waals surface area (Å²) in [5, 5.41) is 3.19. The number of carbonyl (C=O) groups excluding carboxylic acids is 1. The molecular weight excluding hydrogens is 242 g/mol. The lowest BCUT2D eigenvalue weighted by molar-refractivity contribution is -0.149. The Morgan fingerprint density at radius 1 is 1.32 bits per heavy atom. The highest BCUT2D eigenvalue weighted by Gasteiger charge is 2.35. The van der Waals surface area contributed by atoms with Crippen LogP contribution in [0.25, 0.3) is 0 Å². The molecule has 1 N–H and O–H groups in total. The summed E-state index contributed by atoms with van der Waals surface area (Å²) in [4.78, 5) is 16.8. The number of fused-ring (bicyclic) bond motifs is 1. The predicted octanol–water partition coefficient (Wildman–Crippen LogP) is 0.0616. The lowest BCUT2D eigenvalue weighted by Gasteiger charge is -2.44. The van der Waals surface area contributed by atoms with Crippen molar-refractivity contribution in [3.05, 3.63) is 0 Å². The minimum atomic E-state index is -0.123. The summed E-state index contributed by atoms with van der Waals surface area (Å²) < 4.78 is 5.75. The van der Waals surface area contributed by atoms with Crippen molar-refractivity contribution in [2.24, 2.45) is 0 Å². The van der Waals surface area contributed by atoms with Crippen LogP contribution < -0.4 is 5.32 Å². The normalized spacial score (nSPS) is 30.6. The van der Waals surface area contributed by atoms with E-state index in [9.17, 15) is 4.79 Å². The Kier molecular flexibility index (Phi) is 3.78. The lowest BCUT2D eigenvalue weighted by Crippen LogP contribution is -2.61. The van der Waals surface area contributed by atoms with Crippen molar-refractivity contribution in [3.8, 4) is 0 Å². The molecule has 1 atom stereocenters. The molecule has 0 aromatic heterocycles. The third-order valence-electron chi connectivity index (χ3n) is 4.73. The minimum Gasteiger partial charge on any atom is -0.363 e. The quantitative estimate of drug-likeness (QED) is 0.785. The first-order valence-electron chi connectivity index (χ1n) is 7.53. The second-order valence-corrected chi connectivity index (χ2v) is 6.37. The molecule has 3 saturated heterocycles. The lowest BCUT2D eigenvalue weighted by atomic mass is 9.99. The summed E-state index contributed by atoms with van der Waals surface area (Å²) in [6, 6.07) is 0.590. The molecule has 5 heteroatoms. The van der Waals surface area contributed by atoms with E-state index in [2.05, 4.69) is 17.1 Å². The van der Waals surface area contributed by atoms with E-state index >= 15 is 0 Å². The molecule has 1 unspecified atom stereocenters. The second kappa shape index (κ2) is 5.38. The Morgan fingerprint density at radius 3 is 2.89 bits per heavy atom. The van der Waals surface area contributed by atoms with Crippen LogP contribution in [0.2, 0.25) is 0 Å². The highest BCUT2D eigenvalue weighted by molar-refractivity contribution is 5.77. The number of piperazine rings is 1. The maximum Gasteiger partial charge on any atom is 0.248 e. The molecule has 0 radical (unpaired) electrons. The van der Waals surface area contributed by atoms with Crippen LogP contribution in [-0.4, -0.2) is 73.2 Å². The SMILES string of the molecule is CC1(OCC(=O)N2CCN3CCCCC3C2)CNC1. The average Bonchev–Trinajstić information content (AvgIpc) is 2.42. The van der Waals surface area contributed by atoms with Crippen LogP contribution in [-0.2, 0) is 9.53 Å². The van der Waals surface area contributed by atoms with Gasteiger partial charge in [-0.3, -0.25) is 9.69 Å². The Morgan fingerprint density at radius 2 is 2.16 bits per heavy atom.